The Bertz CT molecular complexity index is 452. The summed E-state index contributed by atoms with van der Waals surface area (Å²) in [6.45, 7) is 2.58. The predicted octanol–water partition coefficient (Wildman–Crippen LogP) is 1.71. The van der Waals surface area contributed by atoms with Crippen LogP contribution in [0.15, 0.2) is 30.3 Å². The first-order valence-corrected chi connectivity index (χ1v) is 7.50. The molecule has 5 nitrogen and oxygen atoms in total. The molecule has 0 saturated carbocycles. The lowest BCUT2D eigenvalue weighted by atomic mass is 9.92. The van der Waals surface area contributed by atoms with Crippen molar-refractivity contribution in [1.82, 2.24) is 10.2 Å². The molecule has 1 heterocycles. The summed E-state index contributed by atoms with van der Waals surface area (Å²) in [7, 11) is 0. The van der Waals surface area contributed by atoms with Gasteiger partial charge < -0.3 is 20.4 Å². The highest BCUT2D eigenvalue weighted by molar-refractivity contribution is 5.65. The maximum Gasteiger partial charge on any atom is 0.407 e. The van der Waals surface area contributed by atoms with Crippen LogP contribution in [-0.2, 0) is 6.42 Å². The number of aliphatic hydroxyl groups excluding tert-OH is 1. The maximum absolute atomic E-state index is 11.4. The first-order valence-electron chi connectivity index (χ1n) is 7.50. The van der Waals surface area contributed by atoms with Gasteiger partial charge in [0.1, 0.15) is 0 Å². The third-order valence-electron chi connectivity index (χ3n) is 4.07. The number of benzene rings is 1. The molecule has 1 fully saturated rings. The highest BCUT2D eigenvalue weighted by Crippen LogP contribution is 2.21. The SMILES string of the molecule is CC(CO)NC1CCN(C(=O)O)C(Cc2ccccc2)C1. The van der Waals surface area contributed by atoms with Crippen molar-refractivity contribution in [1.29, 1.82) is 0 Å². The zero-order valence-electron chi connectivity index (χ0n) is 12.4. The topological polar surface area (TPSA) is 72.8 Å². The third kappa shape index (κ3) is 4.44. The van der Waals surface area contributed by atoms with Gasteiger partial charge in [-0.3, -0.25) is 0 Å². The Morgan fingerprint density at radius 1 is 1.43 bits per heavy atom. The molecule has 0 spiro atoms. The summed E-state index contributed by atoms with van der Waals surface area (Å²) in [6, 6.07) is 10.3. The summed E-state index contributed by atoms with van der Waals surface area (Å²) >= 11 is 0. The molecular weight excluding hydrogens is 268 g/mol. The van der Waals surface area contributed by atoms with Gasteiger partial charge in [-0.25, -0.2) is 4.79 Å². The van der Waals surface area contributed by atoms with Gasteiger partial charge in [0.15, 0.2) is 0 Å². The van der Waals surface area contributed by atoms with Crippen LogP contribution in [0.5, 0.6) is 0 Å². The second-order valence-corrected chi connectivity index (χ2v) is 5.79. The zero-order valence-corrected chi connectivity index (χ0v) is 12.4. The molecule has 0 bridgehead atoms. The molecule has 0 aromatic heterocycles. The quantitative estimate of drug-likeness (QED) is 0.772. The van der Waals surface area contributed by atoms with E-state index in [0.717, 1.165) is 24.8 Å². The Hall–Kier alpha value is -1.59. The minimum atomic E-state index is -0.843. The average Bonchev–Trinajstić information content (AvgIpc) is 2.48. The molecule has 1 aliphatic rings. The molecular formula is C16H24N2O3. The van der Waals surface area contributed by atoms with Crippen LogP contribution in [0.2, 0.25) is 0 Å². The lowest BCUT2D eigenvalue weighted by molar-refractivity contribution is 0.0925. The molecule has 1 aliphatic heterocycles. The summed E-state index contributed by atoms with van der Waals surface area (Å²) < 4.78 is 0. The monoisotopic (exact) mass is 292 g/mol. The van der Waals surface area contributed by atoms with Gasteiger partial charge in [0.2, 0.25) is 0 Å². The van der Waals surface area contributed by atoms with Crippen LogP contribution >= 0.6 is 0 Å². The highest BCUT2D eigenvalue weighted by Gasteiger charge is 2.31. The van der Waals surface area contributed by atoms with E-state index in [4.69, 9.17) is 5.11 Å². The van der Waals surface area contributed by atoms with Crippen molar-refractivity contribution >= 4 is 6.09 Å². The van der Waals surface area contributed by atoms with Gasteiger partial charge in [0, 0.05) is 24.7 Å². The summed E-state index contributed by atoms with van der Waals surface area (Å²) in [6.07, 6.45) is 1.47. The molecule has 21 heavy (non-hydrogen) atoms. The fourth-order valence-electron chi connectivity index (χ4n) is 2.99. The van der Waals surface area contributed by atoms with E-state index in [9.17, 15) is 9.90 Å². The molecule has 0 aliphatic carbocycles. The van der Waals surface area contributed by atoms with Crippen molar-refractivity contribution < 1.29 is 15.0 Å². The largest absolute Gasteiger partial charge is 0.465 e. The van der Waals surface area contributed by atoms with Crippen LogP contribution in [0, 0.1) is 0 Å². The van der Waals surface area contributed by atoms with Crippen LogP contribution in [0.1, 0.15) is 25.3 Å². The van der Waals surface area contributed by atoms with Gasteiger partial charge in [-0.1, -0.05) is 30.3 Å². The van der Waals surface area contributed by atoms with Gasteiger partial charge >= 0.3 is 6.09 Å². The predicted molar refractivity (Wildman–Crippen MR) is 81.4 cm³/mol. The number of amides is 1. The zero-order chi connectivity index (χ0) is 15.2. The molecule has 5 heteroatoms. The minimum absolute atomic E-state index is 0.0120. The highest BCUT2D eigenvalue weighted by atomic mass is 16.4. The second-order valence-electron chi connectivity index (χ2n) is 5.79. The Morgan fingerprint density at radius 3 is 2.76 bits per heavy atom. The standard InChI is InChI=1S/C16H24N2O3/c1-12(11-19)17-14-7-8-18(16(20)21)15(10-14)9-13-5-3-2-4-6-13/h2-6,12,14-15,17,19H,7-11H2,1H3,(H,20,21). The number of nitrogens with zero attached hydrogens (tertiary/aromatic N) is 1. The molecule has 1 amide bonds. The van der Waals surface area contributed by atoms with Crippen molar-refractivity contribution in [3.8, 4) is 0 Å². The van der Waals surface area contributed by atoms with E-state index in [0.29, 0.717) is 6.54 Å². The summed E-state index contributed by atoms with van der Waals surface area (Å²) in [4.78, 5) is 13.0. The van der Waals surface area contributed by atoms with Crippen molar-refractivity contribution in [3.63, 3.8) is 0 Å². The lowest BCUT2D eigenvalue weighted by Gasteiger charge is -2.39. The first kappa shape index (κ1) is 15.8. The summed E-state index contributed by atoms with van der Waals surface area (Å²) in [5, 5.41) is 21.9. The molecule has 116 valence electrons. The van der Waals surface area contributed by atoms with Gasteiger partial charge in [-0.15, -0.1) is 0 Å². The normalized spacial score (nSPS) is 23.8. The fourth-order valence-corrected chi connectivity index (χ4v) is 2.99. The molecule has 1 saturated heterocycles. The van der Waals surface area contributed by atoms with Crippen LogP contribution in [0.4, 0.5) is 4.79 Å². The van der Waals surface area contributed by atoms with E-state index >= 15 is 0 Å². The molecule has 1 aromatic rings. The van der Waals surface area contributed by atoms with E-state index in [2.05, 4.69) is 5.32 Å². The Kier molecular flexibility index (Phi) is 5.59. The number of likely N-dealkylation sites (tertiary alicyclic amines) is 1. The molecule has 3 N–H and O–H groups in total. The minimum Gasteiger partial charge on any atom is -0.465 e. The number of carbonyl (C=O) groups is 1. The lowest BCUT2D eigenvalue weighted by Crippen LogP contribution is -2.53. The number of nitrogens with one attached hydrogen (secondary N) is 1. The average molecular weight is 292 g/mol. The van der Waals surface area contributed by atoms with Gasteiger partial charge in [-0.2, -0.15) is 0 Å². The molecule has 3 unspecified atom stereocenters. The van der Waals surface area contributed by atoms with Crippen LogP contribution in [-0.4, -0.2) is 52.5 Å². The number of carboxylic acid groups (broad SMARTS) is 1. The van der Waals surface area contributed by atoms with Crippen molar-refractivity contribution in [2.45, 2.75) is 44.3 Å². The number of hydrogen-bond donors (Lipinski definition) is 3. The van der Waals surface area contributed by atoms with Crippen molar-refractivity contribution in [3.05, 3.63) is 35.9 Å². The van der Waals surface area contributed by atoms with E-state index in [-0.39, 0.29) is 24.7 Å². The number of piperidine rings is 1. The Balaban J connectivity index is 2.03. The van der Waals surface area contributed by atoms with Crippen molar-refractivity contribution in [2.75, 3.05) is 13.2 Å². The van der Waals surface area contributed by atoms with Gasteiger partial charge in [0.25, 0.3) is 0 Å². The summed E-state index contributed by atoms with van der Waals surface area (Å²) in [5.74, 6) is 0. The van der Waals surface area contributed by atoms with Gasteiger partial charge in [-0.05, 0) is 31.7 Å². The van der Waals surface area contributed by atoms with Crippen molar-refractivity contribution in [2.24, 2.45) is 0 Å². The molecule has 1 aromatic carbocycles. The summed E-state index contributed by atoms with van der Waals surface area (Å²) in [5.41, 5.74) is 1.16. The third-order valence-corrected chi connectivity index (χ3v) is 4.07. The van der Waals surface area contributed by atoms with Crippen LogP contribution in [0.25, 0.3) is 0 Å². The van der Waals surface area contributed by atoms with E-state index < -0.39 is 6.09 Å². The van der Waals surface area contributed by atoms with Gasteiger partial charge in [0.05, 0.1) is 6.61 Å². The van der Waals surface area contributed by atoms with E-state index in [1.165, 1.54) is 0 Å². The Labute approximate surface area is 125 Å². The first-order chi connectivity index (χ1) is 10.1. The van der Waals surface area contributed by atoms with Crippen LogP contribution in [0.3, 0.4) is 0 Å². The van der Waals surface area contributed by atoms with Crippen LogP contribution < -0.4 is 5.32 Å². The smallest absolute Gasteiger partial charge is 0.407 e. The fraction of sp³-hybridized carbons (Fsp3) is 0.562. The maximum atomic E-state index is 11.4. The second kappa shape index (κ2) is 7.43. The van der Waals surface area contributed by atoms with E-state index in [1.54, 1.807) is 4.90 Å². The Morgan fingerprint density at radius 2 is 2.14 bits per heavy atom. The van der Waals surface area contributed by atoms with E-state index in [1.807, 2.05) is 37.3 Å². The number of hydrogen-bond acceptors (Lipinski definition) is 3. The molecule has 2 rings (SSSR count). The number of rotatable bonds is 5. The molecule has 3 atom stereocenters. The molecule has 0 radical (unpaired) electrons. The number of aliphatic hydroxyl groups is 1.